The van der Waals surface area contributed by atoms with Crippen molar-refractivity contribution in [3.63, 3.8) is 0 Å². The molecular formula is C58H38N4. The molecule has 0 saturated heterocycles. The molecule has 10 aromatic rings. The third kappa shape index (κ3) is 5.58. The molecule has 0 atom stereocenters. The predicted molar refractivity (Wildman–Crippen MR) is 253 cm³/mol. The maximum atomic E-state index is 5.31. The van der Waals surface area contributed by atoms with Crippen molar-refractivity contribution in [2.75, 3.05) is 4.90 Å². The van der Waals surface area contributed by atoms with Crippen LogP contribution in [-0.2, 0) is 5.41 Å². The Morgan fingerprint density at radius 3 is 1.31 bits per heavy atom. The Bertz CT molecular complexity index is 3170. The highest BCUT2D eigenvalue weighted by molar-refractivity contribution is 6.00. The summed E-state index contributed by atoms with van der Waals surface area (Å²) in [7, 11) is 0. The molecule has 2 heterocycles. The fraction of sp³-hybridized carbons (Fsp3) is 0.0172. The van der Waals surface area contributed by atoms with Crippen LogP contribution in [0, 0.1) is 0 Å². The van der Waals surface area contributed by atoms with Gasteiger partial charge in [-0.1, -0.05) is 200 Å². The number of hydrogen-bond acceptors (Lipinski definition) is 4. The van der Waals surface area contributed by atoms with E-state index in [9.17, 15) is 0 Å². The van der Waals surface area contributed by atoms with Crippen molar-refractivity contribution in [3.8, 4) is 67.5 Å². The molecule has 1 aliphatic heterocycles. The highest BCUT2D eigenvalue weighted by Crippen LogP contribution is 2.64. The van der Waals surface area contributed by atoms with Gasteiger partial charge in [0, 0.05) is 22.4 Å². The van der Waals surface area contributed by atoms with E-state index in [1.165, 1.54) is 38.9 Å². The first-order valence-corrected chi connectivity index (χ1v) is 21.1. The first kappa shape index (κ1) is 35.7. The first-order chi connectivity index (χ1) is 30.8. The number of aromatic nitrogens is 3. The molecule has 1 aromatic heterocycles. The molecule has 1 aliphatic carbocycles. The van der Waals surface area contributed by atoms with Gasteiger partial charge in [-0.15, -0.1) is 0 Å². The zero-order valence-corrected chi connectivity index (χ0v) is 33.7. The summed E-state index contributed by atoms with van der Waals surface area (Å²) in [5, 5.41) is 0. The van der Waals surface area contributed by atoms with Gasteiger partial charge in [0.1, 0.15) is 0 Å². The molecule has 0 fully saturated rings. The summed E-state index contributed by atoms with van der Waals surface area (Å²) >= 11 is 0. The fourth-order valence-electron chi connectivity index (χ4n) is 9.84. The van der Waals surface area contributed by atoms with Gasteiger partial charge in [-0.3, -0.25) is 0 Å². The summed E-state index contributed by atoms with van der Waals surface area (Å²) in [4.78, 5) is 18.1. The van der Waals surface area contributed by atoms with E-state index in [2.05, 4.69) is 199 Å². The predicted octanol–water partition coefficient (Wildman–Crippen LogP) is 14.4. The number of fused-ring (bicyclic) bond motifs is 9. The van der Waals surface area contributed by atoms with Gasteiger partial charge in [-0.05, 0) is 86.0 Å². The van der Waals surface area contributed by atoms with E-state index >= 15 is 0 Å². The number of nitrogens with zero attached hydrogens (tertiary/aromatic N) is 4. The van der Waals surface area contributed by atoms with Crippen molar-refractivity contribution < 1.29 is 0 Å². The SMILES string of the molecule is c1ccc(-c2ccc(-c3ccc4c(c3)-c3c(-c5nc(-c6ccccc6)nc(-c6ccccc6)n5)cccc3C43c4ccccc4N(c4ccccc4)c4ccccc43)cc2)cc1. The average molecular weight is 791 g/mol. The topological polar surface area (TPSA) is 41.9 Å². The van der Waals surface area contributed by atoms with E-state index in [1.807, 2.05) is 36.4 Å². The summed E-state index contributed by atoms with van der Waals surface area (Å²) in [6.45, 7) is 0. The van der Waals surface area contributed by atoms with E-state index < -0.39 is 5.41 Å². The maximum Gasteiger partial charge on any atom is 0.164 e. The minimum absolute atomic E-state index is 0.637. The number of rotatable bonds is 6. The highest BCUT2D eigenvalue weighted by Gasteiger charge is 2.52. The molecule has 0 radical (unpaired) electrons. The van der Waals surface area contributed by atoms with Crippen LogP contribution in [0.4, 0.5) is 17.1 Å². The molecule has 0 unspecified atom stereocenters. The second-order valence-corrected chi connectivity index (χ2v) is 15.9. The van der Waals surface area contributed by atoms with Gasteiger partial charge in [0.25, 0.3) is 0 Å². The van der Waals surface area contributed by atoms with E-state index in [1.54, 1.807) is 0 Å². The Morgan fingerprint density at radius 1 is 0.290 bits per heavy atom. The van der Waals surface area contributed by atoms with Gasteiger partial charge in [0.05, 0.1) is 16.8 Å². The Balaban J connectivity index is 1.15. The summed E-state index contributed by atoms with van der Waals surface area (Å²) in [5.74, 6) is 1.91. The molecule has 0 bridgehead atoms. The van der Waals surface area contributed by atoms with Crippen LogP contribution < -0.4 is 4.90 Å². The van der Waals surface area contributed by atoms with Crippen LogP contribution >= 0.6 is 0 Å². The Labute approximate surface area is 361 Å². The first-order valence-electron chi connectivity index (χ1n) is 21.1. The molecule has 290 valence electrons. The lowest BCUT2D eigenvalue weighted by Gasteiger charge is -2.45. The lowest BCUT2D eigenvalue weighted by Crippen LogP contribution is -2.36. The quantitative estimate of drug-likeness (QED) is 0.168. The van der Waals surface area contributed by atoms with Crippen molar-refractivity contribution in [1.82, 2.24) is 15.0 Å². The lowest BCUT2D eigenvalue weighted by atomic mass is 9.64. The zero-order chi connectivity index (χ0) is 41.0. The molecule has 0 amide bonds. The van der Waals surface area contributed by atoms with Gasteiger partial charge in [-0.2, -0.15) is 0 Å². The normalized spacial score (nSPS) is 12.9. The van der Waals surface area contributed by atoms with Gasteiger partial charge in [0.15, 0.2) is 17.5 Å². The van der Waals surface area contributed by atoms with E-state index in [4.69, 9.17) is 15.0 Å². The average Bonchev–Trinajstić information content (AvgIpc) is 3.65. The molecule has 1 spiro atoms. The Morgan fingerprint density at radius 2 is 0.726 bits per heavy atom. The molecule has 9 aromatic carbocycles. The van der Waals surface area contributed by atoms with Gasteiger partial charge in [0.2, 0.25) is 0 Å². The highest BCUT2D eigenvalue weighted by atomic mass is 15.2. The standard InChI is InChI=1S/C58H38N4/c1-5-18-39(19-6-1)40-32-34-41(35-33-40)44-36-37-48-47(38-44)54-46(57-60-55(42-20-7-2-8-21-42)59-56(61-57)43-22-9-3-10-23-43)26-17-29-51(54)58(48)49-27-13-15-30-52(49)62(45-24-11-4-12-25-45)53-31-16-14-28-50(53)58/h1-38H. The third-order valence-corrected chi connectivity index (χ3v) is 12.5. The van der Waals surface area contributed by atoms with Gasteiger partial charge in [-0.25, -0.2) is 15.0 Å². The number of hydrogen-bond donors (Lipinski definition) is 0. The fourth-order valence-corrected chi connectivity index (χ4v) is 9.84. The van der Waals surface area contributed by atoms with Crippen molar-refractivity contribution in [2.24, 2.45) is 0 Å². The summed E-state index contributed by atoms with van der Waals surface area (Å²) in [6, 6.07) is 82.4. The zero-order valence-electron chi connectivity index (χ0n) is 33.7. The lowest BCUT2D eigenvalue weighted by molar-refractivity contribution is 0.753. The van der Waals surface area contributed by atoms with Crippen LogP contribution in [0.3, 0.4) is 0 Å². The van der Waals surface area contributed by atoms with Crippen molar-refractivity contribution in [2.45, 2.75) is 5.41 Å². The monoisotopic (exact) mass is 790 g/mol. The molecule has 12 rings (SSSR count). The minimum atomic E-state index is -0.646. The van der Waals surface area contributed by atoms with Gasteiger partial charge >= 0.3 is 0 Å². The van der Waals surface area contributed by atoms with Crippen LogP contribution in [0.5, 0.6) is 0 Å². The van der Waals surface area contributed by atoms with Crippen molar-refractivity contribution in [1.29, 1.82) is 0 Å². The van der Waals surface area contributed by atoms with Crippen LogP contribution in [-0.4, -0.2) is 15.0 Å². The Hall–Kier alpha value is -8.21. The largest absolute Gasteiger partial charge is 0.310 e. The Kier molecular flexibility index (Phi) is 8.36. The van der Waals surface area contributed by atoms with Gasteiger partial charge < -0.3 is 4.90 Å². The molecule has 62 heavy (non-hydrogen) atoms. The minimum Gasteiger partial charge on any atom is -0.310 e. The molecule has 4 nitrogen and oxygen atoms in total. The molecular weight excluding hydrogens is 753 g/mol. The summed E-state index contributed by atoms with van der Waals surface area (Å²) in [6.07, 6.45) is 0. The smallest absolute Gasteiger partial charge is 0.164 e. The molecule has 0 saturated carbocycles. The van der Waals surface area contributed by atoms with Crippen LogP contribution in [0.1, 0.15) is 22.3 Å². The van der Waals surface area contributed by atoms with Crippen molar-refractivity contribution >= 4 is 17.1 Å². The summed E-state index contributed by atoms with van der Waals surface area (Å²) in [5.41, 5.74) is 17.5. The number of para-hydroxylation sites is 3. The van der Waals surface area contributed by atoms with E-state index in [0.29, 0.717) is 17.5 Å². The third-order valence-electron chi connectivity index (χ3n) is 12.5. The number of anilines is 3. The second kappa shape index (κ2) is 14.5. The molecule has 4 heteroatoms. The van der Waals surface area contributed by atoms with Crippen LogP contribution in [0.2, 0.25) is 0 Å². The van der Waals surface area contributed by atoms with E-state index in [-0.39, 0.29) is 0 Å². The van der Waals surface area contributed by atoms with Crippen molar-refractivity contribution in [3.05, 3.63) is 253 Å². The van der Waals surface area contributed by atoms with Crippen LogP contribution in [0.25, 0.3) is 67.5 Å². The second-order valence-electron chi connectivity index (χ2n) is 15.9. The molecule has 0 N–H and O–H groups in total. The van der Waals surface area contributed by atoms with E-state index in [0.717, 1.165) is 50.4 Å². The molecule has 2 aliphatic rings. The number of benzene rings is 9. The maximum absolute atomic E-state index is 5.31. The van der Waals surface area contributed by atoms with Crippen LogP contribution in [0.15, 0.2) is 231 Å². The summed E-state index contributed by atoms with van der Waals surface area (Å²) < 4.78 is 0.